The summed E-state index contributed by atoms with van der Waals surface area (Å²) in [4.78, 5) is 21.8. The third-order valence-corrected chi connectivity index (χ3v) is 1.74. The molecule has 4 nitrogen and oxygen atoms in total. The molecule has 2 N–H and O–H groups in total. The smallest absolute Gasteiger partial charge is 0.307 e. The van der Waals surface area contributed by atoms with Crippen LogP contribution in [0.1, 0.15) is 0 Å². The van der Waals surface area contributed by atoms with Gasteiger partial charge in [-0.2, -0.15) is 0 Å². The van der Waals surface area contributed by atoms with Crippen molar-refractivity contribution in [1.82, 2.24) is 5.32 Å². The van der Waals surface area contributed by atoms with E-state index in [1.807, 2.05) is 5.32 Å². The van der Waals surface area contributed by atoms with E-state index in [4.69, 9.17) is 11.6 Å². The molecule has 3 amide bonds. The maximum absolute atomic E-state index is 12.7. The van der Waals surface area contributed by atoms with Crippen LogP contribution in [0, 0.1) is 11.6 Å². The Balaban J connectivity index is 2.66. The molecule has 0 spiro atoms. The second-order valence-electron chi connectivity index (χ2n) is 2.79. The minimum Gasteiger partial charge on any atom is -0.307 e. The van der Waals surface area contributed by atoms with Gasteiger partial charge < -0.3 is 5.32 Å². The van der Waals surface area contributed by atoms with Crippen LogP contribution < -0.4 is 10.6 Å². The molecule has 1 rings (SSSR count). The van der Waals surface area contributed by atoms with E-state index in [1.54, 1.807) is 0 Å². The Morgan fingerprint density at radius 2 is 1.75 bits per heavy atom. The summed E-state index contributed by atoms with van der Waals surface area (Å²) < 4.78 is 25.4. The third-order valence-electron chi connectivity index (χ3n) is 1.49. The summed E-state index contributed by atoms with van der Waals surface area (Å²) in [5, 5.41) is 3.93. The lowest BCUT2D eigenvalue weighted by Gasteiger charge is -2.05. The van der Waals surface area contributed by atoms with Gasteiger partial charge in [0.2, 0.25) is 5.91 Å². The van der Waals surface area contributed by atoms with Crippen LogP contribution in [0.3, 0.4) is 0 Å². The van der Waals surface area contributed by atoms with E-state index in [0.29, 0.717) is 6.07 Å². The average molecular weight is 249 g/mol. The van der Waals surface area contributed by atoms with E-state index in [1.165, 1.54) is 0 Å². The molecular formula is C9H7ClF2N2O2. The van der Waals surface area contributed by atoms with Crippen molar-refractivity contribution in [3.63, 3.8) is 0 Å². The zero-order chi connectivity index (χ0) is 12.1. The molecule has 0 aliphatic heterocycles. The number of hydrogen-bond donors (Lipinski definition) is 2. The fourth-order valence-corrected chi connectivity index (χ4v) is 1.02. The van der Waals surface area contributed by atoms with Crippen molar-refractivity contribution >= 4 is 29.2 Å². The minimum absolute atomic E-state index is 0.0997. The van der Waals surface area contributed by atoms with Gasteiger partial charge in [0.1, 0.15) is 17.5 Å². The molecule has 16 heavy (non-hydrogen) atoms. The number of carbonyl (C=O) groups is 2. The molecule has 0 saturated heterocycles. The first-order chi connectivity index (χ1) is 7.51. The first kappa shape index (κ1) is 12.4. The molecular weight excluding hydrogens is 242 g/mol. The average Bonchev–Trinajstić information content (AvgIpc) is 2.15. The summed E-state index contributed by atoms with van der Waals surface area (Å²) in [6.07, 6.45) is 0. The van der Waals surface area contributed by atoms with Gasteiger partial charge in [0, 0.05) is 11.8 Å². The van der Waals surface area contributed by atoms with Crippen molar-refractivity contribution in [1.29, 1.82) is 0 Å². The fourth-order valence-electron chi connectivity index (χ4n) is 0.948. The van der Waals surface area contributed by atoms with Gasteiger partial charge in [0.05, 0.1) is 0 Å². The number of amides is 3. The van der Waals surface area contributed by atoms with Crippen molar-refractivity contribution < 1.29 is 18.4 Å². The predicted octanol–water partition coefficient (Wildman–Crippen LogP) is 1.85. The van der Waals surface area contributed by atoms with E-state index < -0.39 is 23.6 Å². The van der Waals surface area contributed by atoms with Gasteiger partial charge in [-0.1, -0.05) is 0 Å². The fraction of sp³-hybridized carbons (Fsp3) is 0.111. The predicted molar refractivity (Wildman–Crippen MR) is 54.2 cm³/mol. The van der Waals surface area contributed by atoms with Gasteiger partial charge in [-0.25, -0.2) is 13.6 Å². The third kappa shape index (κ3) is 3.82. The summed E-state index contributed by atoms with van der Waals surface area (Å²) in [6, 6.07) is 1.57. The van der Waals surface area contributed by atoms with Crippen LogP contribution in [-0.4, -0.2) is 17.8 Å². The van der Waals surface area contributed by atoms with Crippen LogP contribution >= 0.6 is 11.6 Å². The van der Waals surface area contributed by atoms with Crippen molar-refractivity contribution in [3.8, 4) is 0 Å². The van der Waals surface area contributed by atoms with Crippen molar-refractivity contribution in [3.05, 3.63) is 29.8 Å². The number of urea groups is 1. The van der Waals surface area contributed by atoms with Crippen LogP contribution in [0.15, 0.2) is 18.2 Å². The highest BCUT2D eigenvalue weighted by Gasteiger charge is 2.07. The molecule has 1 aromatic rings. The molecule has 7 heteroatoms. The summed E-state index contributed by atoms with van der Waals surface area (Å²) in [5.41, 5.74) is -0.0997. The summed E-state index contributed by atoms with van der Waals surface area (Å²) in [6.45, 7) is 0. The largest absolute Gasteiger partial charge is 0.325 e. The number of alkyl halides is 1. The Hall–Kier alpha value is -1.69. The lowest BCUT2D eigenvalue weighted by molar-refractivity contribution is -0.117. The number of nitrogens with one attached hydrogen (secondary N) is 2. The van der Waals surface area contributed by atoms with E-state index >= 15 is 0 Å². The molecule has 0 saturated carbocycles. The van der Waals surface area contributed by atoms with E-state index in [9.17, 15) is 18.4 Å². The quantitative estimate of drug-likeness (QED) is 0.785. The van der Waals surface area contributed by atoms with Gasteiger partial charge in [-0.3, -0.25) is 10.1 Å². The number of anilines is 1. The molecule has 0 heterocycles. The standard InChI is InChI=1S/C9H7ClF2N2O2/c10-4-8(15)14-9(16)13-7-2-5(11)1-6(12)3-7/h1-3H,4H2,(H2,13,14,15,16). The van der Waals surface area contributed by atoms with Crippen LogP contribution in [-0.2, 0) is 4.79 Å². The van der Waals surface area contributed by atoms with Crippen LogP contribution in [0.5, 0.6) is 0 Å². The van der Waals surface area contributed by atoms with Gasteiger partial charge in [0.15, 0.2) is 0 Å². The first-order valence-corrected chi connectivity index (χ1v) is 4.67. The topological polar surface area (TPSA) is 58.2 Å². The van der Waals surface area contributed by atoms with Crippen LogP contribution in [0.4, 0.5) is 19.3 Å². The number of carbonyl (C=O) groups excluding carboxylic acids is 2. The molecule has 0 aromatic heterocycles. The summed E-state index contributed by atoms with van der Waals surface area (Å²) in [7, 11) is 0. The lowest BCUT2D eigenvalue weighted by Crippen LogP contribution is -2.35. The van der Waals surface area contributed by atoms with E-state index in [2.05, 4.69) is 5.32 Å². The number of imide groups is 1. The number of benzene rings is 1. The maximum Gasteiger partial charge on any atom is 0.325 e. The van der Waals surface area contributed by atoms with Crippen molar-refractivity contribution in [2.24, 2.45) is 0 Å². The molecule has 0 atom stereocenters. The van der Waals surface area contributed by atoms with Gasteiger partial charge >= 0.3 is 6.03 Å². The molecule has 0 fully saturated rings. The minimum atomic E-state index is -0.907. The Kier molecular flexibility index (Phi) is 4.19. The van der Waals surface area contributed by atoms with Gasteiger partial charge in [0.25, 0.3) is 0 Å². The highest BCUT2D eigenvalue weighted by atomic mass is 35.5. The molecule has 0 aliphatic carbocycles. The Morgan fingerprint density at radius 3 is 2.25 bits per heavy atom. The zero-order valence-electron chi connectivity index (χ0n) is 7.89. The van der Waals surface area contributed by atoms with Crippen LogP contribution in [0.2, 0.25) is 0 Å². The Bertz CT molecular complexity index is 406. The van der Waals surface area contributed by atoms with Gasteiger partial charge in [-0.05, 0) is 12.1 Å². The molecule has 1 aromatic carbocycles. The summed E-state index contributed by atoms with van der Waals surface area (Å²) >= 11 is 5.14. The molecule has 0 radical (unpaired) electrons. The second kappa shape index (κ2) is 5.41. The highest BCUT2D eigenvalue weighted by Crippen LogP contribution is 2.12. The monoisotopic (exact) mass is 248 g/mol. The molecule has 86 valence electrons. The van der Waals surface area contributed by atoms with E-state index in [-0.39, 0.29) is 11.6 Å². The zero-order valence-corrected chi connectivity index (χ0v) is 8.65. The Labute approximate surface area is 94.6 Å². The van der Waals surface area contributed by atoms with Crippen LogP contribution in [0.25, 0.3) is 0 Å². The number of hydrogen-bond acceptors (Lipinski definition) is 2. The lowest BCUT2D eigenvalue weighted by atomic mass is 10.3. The molecule has 0 unspecified atom stereocenters. The highest BCUT2D eigenvalue weighted by molar-refractivity contribution is 6.28. The summed E-state index contributed by atoms with van der Waals surface area (Å²) in [5.74, 6) is -2.76. The van der Waals surface area contributed by atoms with Crippen molar-refractivity contribution in [2.75, 3.05) is 11.2 Å². The first-order valence-electron chi connectivity index (χ1n) is 4.14. The number of rotatable bonds is 2. The molecule has 0 aliphatic rings. The normalized spacial score (nSPS) is 9.69. The van der Waals surface area contributed by atoms with E-state index in [0.717, 1.165) is 12.1 Å². The SMILES string of the molecule is O=C(CCl)NC(=O)Nc1cc(F)cc(F)c1. The van der Waals surface area contributed by atoms with Crippen molar-refractivity contribution in [2.45, 2.75) is 0 Å². The second-order valence-corrected chi connectivity index (χ2v) is 3.06. The van der Waals surface area contributed by atoms with Gasteiger partial charge in [-0.15, -0.1) is 11.6 Å². The Morgan fingerprint density at radius 1 is 1.19 bits per heavy atom. The maximum atomic E-state index is 12.7. The number of halogens is 3. The molecule has 0 bridgehead atoms.